The number of piperazine rings is 1. The Hall–Kier alpha value is -4.69. The van der Waals surface area contributed by atoms with Crippen molar-refractivity contribution in [3.63, 3.8) is 0 Å². The molecule has 1 amide bonds. The van der Waals surface area contributed by atoms with Crippen LogP contribution in [-0.4, -0.2) is 63.8 Å². The molecule has 0 atom stereocenters. The van der Waals surface area contributed by atoms with Gasteiger partial charge in [-0.15, -0.1) is 0 Å². The second-order valence-corrected chi connectivity index (χ2v) is 11.7. The Morgan fingerprint density at radius 2 is 1.70 bits per heavy atom. The summed E-state index contributed by atoms with van der Waals surface area (Å²) in [6.45, 7) is 12.3. The zero-order chi connectivity index (χ0) is 31.0. The van der Waals surface area contributed by atoms with Gasteiger partial charge in [0.2, 0.25) is 5.91 Å². The first-order valence-electron chi connectivity index (χ1n) is 15.4. The topological polar surface area (TPSA) is 82.1 Å². The Morgan fingerprint density at radius 3 is 2.36 bits per heavy atom. The SMILES string of the molecule is C/C=C/C(=O)Nc1cc(-c2c(-c3ccc(N4CCN(C)CC4)cc3)[nH]c3ncc(-c4cnn(C)c4C)c(CC)c23)ccc1C. The van der Waals surface area contributed by atoms with Crippen molar-refractivity contribution in [1.82, 2.24) is 24.6 Å². The highest BCUT2D eigenvalue weighted by Gasteiger charge is 2.23. The van der Waals surface area contributed by atoms with Crippen molar-refractivity contribution in [1.29, 1.82) is 0 Å². The number of aromatic amines is 1. The maximum Gasteiger partial charge on any atom is 0.248 e. The number of amides is 1. The minimum atomic E-state index is -0.142. The van der Waals surface area contributed by atoms with Crippen LogP contribution in [0.15, 0.2) is 67.0 Å². The van der Waals surface area contributed by atoms with E-state index in [0.717, 1.165) is 94.1 Å². The van der Waals surface area contributed by atoms with Gasteiger partial charge in [0.15, 0.2) is 0 Å². The van der Waals surface area contributed by atoms with Gasteiger partial charge < -0.3 is 20.1 Å². The molecule has 0 unspecified atom stereocenters. The lowest BCUT2D eigenvalue weighted by molar-refractivity contribution is -0.111. The van der Waals surface area contributed by atoms with Crippen molar-refractivity contribution in [3.05, 3.63) is 83.8 Å². The fourth-order valence-electron chi connectivity index (χ4n) is 6.23. The summed E-state index contributed by atoms with van der Waals surface area (Å²) in [7, 11) is 4.15. The van der Waals surface area contributed by atoms with E-state index in [9.17, 15) is 4.79 Å². The molecule has 0 radical (unpaired) electrons. The minimum absolute atomic E-state index is 0.142. The average Bonchev–Trinajstić information content (AvgIpc) is 3.58. The highest BCUT2D eigenvalue weighted by Crippen LogP contribution is 2.43. The highest BCUT2D eigenvalue weighted by molar-refractivity contribution is 6.07. The number of nitrogens with zero attached hydrogens (tertiary/aromatic N) is 5. The summed E-state index contributed by atoms with van der Waals surface area (Å²) < 4.78 is 1.91. The van der Waals surface area contributed by atoms with Gasteiger partial charge in [-0.1, -0.05) is 37.3 Å². The first-order chi connectivity index (χ1) is 21.3. The molecule has 2 aromatic carbocycles. The van der Waals surface area contributed by atoms with Crippen LogP contribution < -0.4 is 10.2 Å². The van der Waals surface area contributed by atoms with Gasteiger partial charge in [-0.25, -0.2) is 4.98 Å². The Labute approximate surface area is 259 Å². The lowest BCUT2D eigenvalue weighted by atomic mass is 9.91. The molecule has 1 fully saturated rings. The predicted molar refractivity (Wildman–Crippen MR) is 181 cm³/mol. The Balaban J connectivity index is 1.55. The highest BCUT2D eigenvalue weighted by atomic mass is 16.1. The van der Waals surface area contributed by atoms with E-state index in [4.69, 9.17) is 4.98 Å². The van der Waals surface area contributed by atoms with E-state index in [0.29, 0.717) is 0 Å². The number of anilines is 2. The number of nitrogens with one attached hydrogen (secondary N) is 2. The second-order valence-electron chi connectivity index (χ2n) is 11.7. The van der Waals surface area contributed by atoms with E-state index in [1.54, 1.807) is 12.2 Å². The molecule has 8 heteroatoms. The van der Waals surface area contributed by atoms with Crippen molar-refractivity contribution < 1.29 is 4.79 Å². The summed E-state index contributed by atoms with van der Waals surface area (Å²) >= 11 is 0. The normalized spacial score (nSPS) is 14.2. The fourth-order valence-corrected chi connectivity index (χ4v) is 6.23. The van der Waals surface area contributed by atoms with Crippen LogP contribution in [0.4, 0.5) is 11.4 Å². The average molecular weight is 588 g/mol. The molecule has 1 aliphatic rings. The van der Waals surface area contributed by atoms with Crippen LogP contribution in [0.2, 0.25) is 0 Å². The molecular weight excluding hydrogens is 546 g/mol. The van der Waals surface area contributed by atoms with E-state index in [1.807, 2.05) is 38.0 Å². The van der Waals surface area contributed by atoms with Crippen LogP contribution >= 0.6 is 0 Å². The van der Waals surface area contributed by atoms with Crippen molar-refractivity contribution in [3.8, 4) is 33.5 Å². The van der Waals surface area contributed by atoms with Crippen LogP contribution in [0, 0.1) is 13.8 Å². The zero-order valence-corrected chi connectivity index (χ0v) is 26.5. The Morgan fingerprint density at radius 1 is 0.977 bits per heavy atom. The van der Waals surface area contributed by atoms with Gasteiger partial charge in [-0.2, -0.15) is 5.10 Å². The molecule has 0 bridgehead atoms. The molecule has 3 aromatic heterocycles. The van der Waals surface area contributed by atoms with Crippen LogP contribution in [0.5, 0.6) is 0 Å². The summed E-state index contributed by atoms with van der Waals surface area (Å²) in [5.74, 6) is -0.142. The van der Waals surface area contributed by atoms with Crippen molar-refractivity contribution >= 4 is 28.3 Å². The predicted octanol–water partition coefficient (Wildman–Crippen LogP) is 6.74. The number of fused-ring (bicyclic) bond motifs is 1. The van der Waals surface area contributed by atoms with Gasteiger partial charge in [-0.05, 0) is 80.8 Å². The standard InChI is InChI=1S/C36H41N7O/c1-7-9-32(44)39-31-20-26(11-10-23(31)3)33-34-28(8-2)30(29-22-38-42(6)24(29)4)21-37-36(34)40-35(33)25-12-14-27(15-13-25)43-18-16-41(5)17-19-43/h7,9-15,20-22H,8,16-19H2,1-6H3,(H,37,40)(H,39,44)/b9-7+. The largest absolute Gasteiger partial charge is 0.369 e. The van der Waals surface area contributed by atoms with Gasteiger partial charge in [0.1, 0.15) is 5.65 Å². The number of H-pyrrole nitrogens is 1. The molecule has 0 spiro atoms. The number of aromatic nitrogens is 4. The molecule has 4 heterocycles. The first kappa shape index (κ1) is 29.4. The van der Waals surface area contributed by atoms with Crippen LogP contribution in [0.3, 0.4) is 0 Å². The molecule has 0 aliphatic carbocycles. The molecule has 8 nitrogen and oxygen atoms in total. The van der Waals surface area contributed by atoms with Gasteiger partial charge >= 0.3 is 0 Å². The number of carbonyl (C=O) groups is 1. The van der Waals surface area contributed by atoms with Crippen molar-refractivity contribution in [2.75, 3.05) is 43.4 Å². The van der Waals surface area contributed by atoms with E-state index >= 15 is 0 Å². The van der Waals surface area contributed by atoms with E-state index in [-0.39, 0.29) is 5.91 Å². The van der Waals surface area contributed by atoms with Crippen molar-refractivity contribution in [2.24, 2.45) is 7.05 Å². The number of rotatable bonds is 7. The fraction of sp³-hybridized carbons (Fsp3) is 0.306. The third kappa shape index (κ3) is 5.42. The number of benzene rings is 2. The van der Waals surface area contributed by atoms with Crippen molar-refractivity contribution in [2.45, 2.75) is 34.1 Å². The van der Waals surface area contributed by atoms with Crippen LogP contribution in [0.1, 0.15) is 30.7 Å². The van der Waals surface area contributed by atoms with E-state index in [2.05, 4.69) is 88.6 Å². The molecule has 5 aromatic rings. The van der Waals surface area contributed by atoms with Crippen LogP contribution in [-0.2, 0) is 18.3 Å². The lowest BCUT2D eigenvalue weighted by Crippen LogP contribution is -2.44. The minimum Gasteiger partial charge on any atom is -0.369 e. The number of likely N-dealkylation sites (N-methyl/N-ethyl adjacent to an activating group) is 1. The zero-order valence-electron chi connectivity index (χ0n) is 26.5. The molecule has 226 valence electrons. The summed E-state index contributed by atoms with van der Waals surface area (Å²) in [5.41, 5.74) is 12.6. The smallest absolute Gasteiger partial charge is 0.248 e. The molecule has 0 saturated carbocycles. The maximum atomic E-state index is 12.6. The second kappa shape index (κ2) is 12.1. The van der Waals surface area contributed by atoms with Gasteiger partial charge in [0.05, 0.1) is 11.9 Å². The molecule has 44 heavy (non-hydrogen) atoms. The molecular formula is C36H41N7O. The third-order valence-corrected chi connectivity index (χ3v) is 8.94. The number of pyridine rings is 1. The molecule has 2 N–H and O–H groups in total. The number of allylic oxidation sites excluding steroid dienone is 1. The molecule has 1 saturated heterocycles. The quantitative estimate of drug-likeness (QED) is 0.206. The number of aryl methyl sites for hydroxylation is 3. The third-order valence-electron chi connectivity index (χ3n) is 8.94. The summed E-state index contributed by atoms with van der Waals surface area (Å²) in [6, 6.07) is 15.2. The van der Waals surface area contributed by atoms with Gasteiger partial charge in [0.25, 0.3) is 0 Å². The van der Waals surface area contributed by atoms with Gasteiger partial charge in [0, 0.05) is 78.6 Å². The summed E-state index contributed by atoms with van der Waals surface area (Å²) in [4.78, 5) is 26.1. The summed E-state index contributed by atoms with van der Waals surface area (Å²) in [5, 5.41) is 8.70. The number of hydrogen-bond acceptors (Lipinski definition) is 5. The summed E-state index contributed by atoms with van der Waals surface area (Å²) in [6.07, 6.45) is 8.03. The Kier molecular flexibility index (Phi) is 8.10. The van der Waals surface area contributed by atoms with E-state index in [1.165, 1.54) is 11.3 Å². The lowest BCUT2D eigenvalue weighted by Gasteiger charge is -2.34. The number of carbonyl (C=O) groups excluding carboxylic acids is 1. The first-order valence-corrected chi connectivity index (χ1v) is 15.4. The molecule has 6 rings (SSSR count). The van der Waals surface area contributed by atoms with Crippen LogP contribution in [0.25, 0.3) is 44.5 Å². The number of hydrogen-bond donors (Lipinski definition) is 2. The maximum absolute atomic E-state index is 12.6. The monoisotopic (exact) mass is 587 g/mol. The Bertz CT molecular complexity index is 1850. The molecule has 1 aliphatic heterocycles. The van der Waals surface area contributed by atoms with Gasteiger partial charge in [-0.3, -0.25) is 9.48 Å². The van der Waals surface area contributed by atoms with E-state index < -0.39 is 0 Å².